The summed E-state index contributed by atoms with van der Waals surface area (Å²) >= 11 is 0. The van der Waals surface area contributed by atoms with Crippen molar-refractivity contribution < 1.29 is 14.7 Å². The Hall–Kier alpha value is -2.82. The van der Waals surface area contributed by atoms with Gasteiger partial charge in [0.25, 0.3) is 0 Å². The van der Waals surface area contributed by atoms with Gasteiger partial charge in [-0.2, -0.15) is 0 Å². The molecule has 2 rings (SSSR count). The lowest BCUT2D eigenvalue weighted by molar-refractivity contribution is -0.136. The van der Waals surface area contributed by atoms with Gasteiger partial charge in [0.15, 0.2) is 0 Å². The normalized spacial score (nSPS) is 10.1. The van der Waals surface area contributed by atoms with Crippen molar-refractivity contribution in [2.24, 2.45) is 5.73 Å². The third kappa shape index (κ3) is 4.07. The lowest BCUT2D eigenvalue weighted by Gasteiger charge is -2.10. The minimum Gasteiger partial charge on any atom is -0.481 e. The fraction of sp³-hybridized carbons (Fsp3) is 0.125. The number of hydrogen-bond acceptors (Lipinski definition) is 3. The van der Waals surface area contributed by atoms with Gasteiger partial charge in [0.05, 0.1) is 6.42 Å². The maximum atomic E-state index is 11.0. The summed E-state index contributed by atoms with van der Waals surface area (Å²) in [5, 5.41) is 12.1. The number of carboxylic acid groups (broad SMARTS) is 1. The highest BCUT2D eigenvalue weighted by Gasteiger charge is 2.06. The van der Waals surface area contributed by atoms with E-state index < -0.39 is 11.9 Å². The quantitative estimate of drug-likeness (QED) is 0.756. The third-order valence-electron chi connectivity index (χ3n) is 3.11. The number of rotatable bonds is 6. The third-order valence-corrected chi connectivity index (χ3v) is 3.11. The highest BCUT2D eigenvalue weighted by molar-refractivity contribution is 5.93. The zero-order chi connectivity index (χ0) is 15.2. The summed E-state index contributed by atoms with van der Waals surface area (Å²) in [5.74, 6) is -1.32. The lowest BCUT2D eigenvalue weighted by atomic mass is 10.0. The van der Waals surface area contributed by atoms with E-state index in [2.05, 4.69) is 5.32 Å². The minimum atomic E-state index is -0.853. The van der Waals surface area contributed by atoms with Gasteiger partial charge in [-0.25, -0.2) is 0 Å². The Morgan fingerprint density at radius 1 is 1.00 bits per heavy atom. The van der Waals surface area contributed by atoms with Crippen LogP contribution in [0.4, 0.5) is 5.69 Å². The van der Waals surface area contributed by atoms with Crippen molar-refractivity contribution in [3.8, 4) is 0 Å². The van der Waals surface area contributed by atoms with E-state index in [9.17, 15) is 9.59 Å². The Labute approximate surface area is 122 Å². The van der Waals surface area contributed by atoms with E-state index in [1.165, 1.54) is 0 Å². The zero-order valence-electron chi connectivity index (χ0n) is 11.4. The first-order chi connectivity index (χ1) is 10.1. The molecule has 2 aromatic carbocycles. The molecule has 0 aliphatic carbocycles. The predicted molar refractivity (Wildman–Crippen MR) is 80.1 cm³/mol. The van der Waals surface area contributed by atoms with Crippen molar-refractivity contribution >= 4 is 17.6 Å². The summed E-state index contributed by atoms with van der Waals surface area (Å²) in [6, 6.07) is 14.2. The summed E-state index contributed by atoms with van der Waals surface area (Å²) in [5.41, 5.74) is 8.18. The predicted octanol–water partition coefficient (Wildman–Crippen LogP) is 2.02. The van der Waals surface area contributed by atoms with Gasteiger partial charge < -0.3 is 16.2 Å². The molecule has 108 valence electrons. The molecular formula is C16H16N2O3. The minimum absolute atomic E-state index is 0.00152. The van der Waals surface area contributed by atoms with Crippen molar-refractivity contribution in [2.45, 2.75) is 13.0 Å². The maximum absolute atomic E-state index is 11.0. The number of anilines is 1. The van der Waals surface area contributed by atoms with Crippen LogP contribution in [0, 0.1) is 0 Å². The van der Waals surface area contributed by atoms with Gasteiger partial charge in [0.1, 0.15) is 0 Å². The Bertz CT molecular complexity index is 651. The van der Waals surface area contributed by atoms with E-state index in [0.29, 0.717) is 12.1 Å². The van der Waals surface area contributed by atoms with Crippen molar-refractivity contribution in [1.29, 1.82) is 0 Å². The van der Waals surface area contributed by atoms with Crippen LogP contribution in [0.5, 0.6) is 0 Å². The first-order valence-electron chi connectivity index (χ1n) is 6.48. The molecule has 0 radical (unpaired) electrons. The first-order valence-corrected chi connectivity index (χ1v) is 6.48. The second-order valence-electron chi connectivity index (χ2n) is 4.63. The number of carboxylic acids is 1. The van der Waals surface area contributed by atoms with Gasteiger partial charge in [-0.3, -0.25) is 9.59 Å². The molecule has 0 saturated carbocycles. The molecule has 21 heavy (non-hydrogen) atoms. The number of nitrogens with one attached hydrogen (secondary N) is 1. The van der Waals surface area contributed by atoms with Crippen LogP contribution in [-0.4, -0.2) is 17.0 Å². The second kappa shape index (κ2) is 6.56. The SMILES string of the molecule is NC(=O)c1ccc(NCc2ccccc2CC(=O)O)cc1. The van der Waals surface area contributed by atoms with E-state index >= 15 is 0 Å². The van der Waals surface area contributed by atoms with Crippen molar-refractivity contribution in [2.75, 3.05) is 5.32 Å². The molecule has 0 heterocycles. The fourth-order valence-corrected chi connectivity index (χ4v) is 2.01. The molecule has 1 amide bonds. The molecule has 5 nitrogen and oxygen atoms in total. The van der Waals surface area contributed by atoms with Crippen LogP contribution in [0.15, 0.2) is 48.5 Å². The van der Waals surface area contributed by atoms with Crippen LogP contribution < -0.4 is 11.1 Å². The topological polar surface area (TPSA) is 92.4 Å². The first kappa shape index (κ1) is 14.6. The van der Waals surface area contributed by atoms with Gasteiger partial charge in [-0.1, -0.05) is 24.3 Å². The van der Waals surface area contributed by atoms with Gasteiger partial charge in [0.2, 0.25) is 5.91 Å². The number of aliphatic carboxylic acids is 1. The second-order valence-corrected chi connectivity index (χ2v) is 4.63. The number of hydrogen-bond donors (Lipinski definition) is 3. The van der Waals surface area contributed by atoms with Gasteiger partial charge in [-0.15, -0.1) is 0 Å². The summed E-state index contributed by atoms with van der Waals surface area (Å²) in [4.78, 5) is 21.8. The highest BCUT2D eigenvalue weighted by atomic mass is 16.4. The van der Waals surface area contributed by atoms with Crippen LogP contribution in [0.3, 0.4) is 0 Å². The number of amides is 1. The molecule has 0 bridgehead atoms. The van der Waals surface area contributed by atoms with Gasteiger partial charge >= 0.3 is 5.97 Å². The average Bonchev–Trinajstić information content (AvgIpc) is 2.46. The monoisotopic (exact) mass is 284 g/mol. The van der Waals surface area contributed by atoms with E-state index in [-0.39, 0.29) is 6.42 Å². The van der Waals surface area contributed by atoms with Crippen LogP contribution in [-0.2, 0) is 17.8 Å². The molecule has 4 N–H and O–H groups in total. The Balaban J connectivity index is 2.06. The van der Waals surface area contributed by atoms with E-state index in [1.54, 1.807) is 30.3 Å². The molecule has 0 saturated heterocycles. The molecule has 2 aromatic rings. The molecule has 0 aliphatic heterocycles. The van der Waals surface area contributed by atoms with E-state index in [1.807, 2.05) is 18.2 Å². The fourth-order valence-electron chi connectivity index (χ4n) is 2.01. The van der Waals surface area contributed by atoms with Crippen molar-refractivity contribution in [1.82, 2.24) is 0 Å². The number of primary amides is 1. The van der Waals surface area contributed by atoms with Crippen molar-refractivity contribution in [3.63, 3.8) is 0 Å². The lowest BCUT2D eigenvalue weighted by Crippen LogP contribution is -2.11. The molecule has 0 aromatic heterocycles. The van der Waals surface area contributed by atoms with Crippen LogP contribution in [0.2, 0.25) is 0 Å². The largest absolute Gasteiger partial charge is 0.481 e. The van der Waals surface area contributed by atoms with E-state index in [0.717, 1.165) is 16.8 Å². The smallest absolute Gasteiger partial charge is 0.307 e. The van der Waals surface area contributed by atoms with Crippen LogP contribution in [0.1, 0.15) is 21.5 Å². The van der Waals surface area contributed by atoms with Gasteiger partial charge in [-0.05, 0) is 35.4 Å². The van der Waals surface area contributed by atoms with Gasteiger partial charge in [0, 0.05) is 17.8 Å². The maximum Gasteiger partial charge on any atom is 0.307 e. The Kier molecular flexibility index (Phi) is 4.56. The summed E-state index contributed by atoms with van der Waals surface area (Å²) in [6.45, 7) is 0.513. The molecule has 0 spiro atoms. The zero-order valence-corrected chi connectivity index (χ0v) is 11.4. The summed E-state index contributed by atoms with van der Waals surface area (Å²) in [6.07, 6.45) is -0.00152. The molecule has 0 aliphatic rings. The summed E-state index contributed by atoms with van der Waals surface area (Å²) in [7, 11) is 0. The van der Waals surface area contributed by atoms with E-state index in [4.69, 9.17) is 10.8 Å². The number of nitrogens with two attached hydrogens (primary N) is 1. The number of carbonyl (C=O) groups excluding carboxylic acids is 1. The molecular weight excluding hydrogens is 268 g/mol. The van der Waals surface area contributed by atoms with Crippen molar-refractivity contribution in [3.05, 3.63) is 65.2 Å². The Morgan fingerprint density at radius 2 is 1.62 bits per heavy atom. The van der Waals surface area contributed by atoms with Crippen LogP contribution in [0.25, 0.3) is 0 Å². The average molecular weight is 284 g/mol. The highest BCUT2D eigenvalue weighted by Crippen LogP contribution is 2.14. The number of benzene rings is 2. The standard InChI is InChI=1S/C16H16N2O3/c17-16(21)11-5-7-14(8-6-11)18-10-13-4-2-1-3-12(13)9-15(19)20/h1-8,18H,9-10H2,(H2,17,21)(H,19,20). The Morgan fingerprint density at radius 3 is 2.19 bits per heavy atom. The molecule has 5 heteroatoms. The molecule has 0 fully saturated rings. The van der Waals surface area contributed by atoms with Crippen LogP contribution >= 0.6 is 0 Å². The molecule has 0 atom stereocenters. The number of carbonyl (C=O) groups is 2. The molecule has 0 unspecified atom stereocenters. The summed E-state index contributed by atoms with van der Waals surface area (Å²) < 4.78 is 0.